The highest BCUT2D eigenvalue weighted by Gasteiger charge is 2.41. The number of allylic oxidation sites excluding steroid dienone is 1. The minimum atomic E-state index is -1.01. The van der Waals surface area contributed by atoms with E-state index in [4.69, 9.17) is 28.7 Å². The van der Waals surface area contributed by atoms with Crippen LogP contribution in [0.1, 0.15) is 116 Å². The maximum absolute atomic E-state index is 15.1. The lowest BCUT2D eigenvalue weighted by Crippen LogP contribution is -2.41. The number of amides is 2. The Morgan fingerprint density at radius 2 is 1.32 bits per heavy atom. The van der Waals surface area contributed by atoms with Crippen molar-refractivity contribution >= 4 is 89.5 Å². The number of amidine groups is 1. The van der Waals surface area contributed by atoms with E-state index >= 15 is 9.59 Å². The van der Waals surface area contributed by atoms with E-state index in [2.05, 4.69) is 63.7 Å². The quantitative estimate of drug-likeness (QED) is 0.0201. The van der Waals surface area contributed by atoms with Gasteiger partial charge >= 0.3 is 17.9 Å². The predicted molar refractivity (Wildman–Crippen MR) is 297 cm³/mol. The number of carbonyl (C=O) groups excluding carboxylic acids is 7. The Labute approximate surface area is 454 Å². The molecule has 6 rings (SSSR count). The molecule has 0 saturated heterocycles. The lowest BCUT2D eigenvalue weighted by molar-refractivity contribution is -0.152. The molecule has 2 amide bonds. The van der Waals surface area contributed by atoms with Gasteiger partial charge in [0.15, 0.2) is 5.44 Å². The van der Waals surface area contributed by atoms with Gasteiger partial charge in [-0.2, -0.15) is 0 Å². The number of esters is 3. The number of benzene rings is 2. The summed E-state index contributed by atoms with van der Waals surface area (Å²) in [5.74, 6) is -1.33. The van der Waals surface area contributed by atoms with E-state index in [0.29, 0.717) is 57.5 Å². The van der Waals surface area contributed by atoms with Crippen LogP contribution in [-0.4, -0.2) is 101 Å². The first-order valence-electron chi connectivity index (χ1n) is 26.0. The molecular formula is C58H72N4O12S2. The van der Waals surface area contributed by atoms with E-state index < -0.39 is 57.9 Å². The van der Waals surface area contributed by atoms with Crippen LogP contribution in [0.25, 0.3) is 22.8 Å². The number of thioether (sulfide) groups is 2. The smallest absolute Gasteiger partial charge is 0.342 e. The minimum absolute atomic E-state index is 0.00440. The topological polar surface area (TPSA) is 218 Å². The van der Waals surface area contributed by atoms with Crippen molar-refractivity contribution in [3.8, 4) is 11.1 Å². The number of nitrogens with zero attached hydrogens (tertiary/aromatic N) is 1. The van der Waals surface area contributed by atoms with E-state index in [1.54, 1.807) is 26.8 Å². The molecule has 0 bridgehead atoms. The third-order valence-electron chi connectivity index (χ3n) is 14.0. The molecule has 2 saturated carbocycles. The molecule has 3 aliphatic rings. The summed E-state index contributed by atoms with van der Waals surface area (Å²) in [4.78, 5) is 101. The van der Waals surface area contributed by atoms with Crippen molar-refractivity contribution in [3.63, 3.8) is 0 Å². The Hall–Kier alpha value is -6.40. The van der Waals surface area contributed by atoms with E-state index in [0.717, 1.165) is 37.4 Å². The Kier molecular flexibility index (Phi) is 21.4. The number of ether oxygens (including phenoxy) is 5. The maximum atomic E-state index is 15.1. The number of rotatable bonds is 23. The number of carbonyl (C=O) groups is 7. The highest BCUT2D eigenvalue weighted by Crippen LogP contribution is 2.43. The molecule has 3 N–H and O–H groups in total. The largest absolute Gasteiger partial charge is 0.463 e. The zero-order chi connectivity index (χ0) is 55.2. The summed E-state index contributed by atoms with van der Waals surface area (Å²) in [7, 11) is 0. The van der Waals surface area contributed by atoms with Crippen LogP contribution in [-0.2, 0) is 52.5 Å². The van der Waals surface area contributed by atoms with Gasteiger partial charge in [-0.1, -0.05) is 109 Å². The van der Waals surface area contributed by atoms with Gasteiger partial charge in [0.25, 0.3) is 12.9 Å². The van der Waals surface area contributed by atoms with Crippen LogP contribution in [0.5, 0.6) is 0 Å². The van der Waals surface area contributed by atoms with Crippen LogP contribution in [0.3, 0.4) is 0 Å². The molecule has 2 aromatic carbocycles. The van der Waals surface area contributed by atoms with Crippen molar-refractivity contribution in [2.75, 3.05) is 24.3 Å². The number of nitrogens with one attached hydrogen (secondary N) is 3. The summed E-state index contributed by atoms with van der Waals surface area (Å²) in [6, 6.07) is 18.3. The van der Waals surface area contributed by atoms with Gasteiger partial charge in [-0.05, 0) is 111 Å². The number of anilines is 1. The normalized spacial score (nSPS) is 24.0. The average Bonchev–Trinajstić information content (AvgIpc) is 3.94. The van der Waals surface area contributed by atoms with Gasteiger partial charge in [-0.25, -0.2) is 19.4 Å². The van der Waals surface area contributed by atoms with Gasteiger partial charge < -0.3 is 39.3 Å². The predicted octanol–water partition coefficient (Wildman–Crippen LogP) is 10.2. The minimum Gasteiger partial charge on any atom is -0.463 e. The van der Waals surface area contributed by atoms with Gasteiger partial charge in [-0.3, -0.25) is 19.2 Å². The summed E-state index contributed by atoms with van der Waals surface area (Å²) in [5, 5.41) is 4.34. The van der Waals surface area contributed by atoms with Crippen LogP contribution < -0.4 is 10.6 Å². The standard InChI is InChI=1S/C58H72N4O12S2/c1-32(2)56(67)71-22-17-23-75-39(9)54(65)61-52-48(57(68)73-50-35(5)24-33(3)25-36(50)6)46(41-18-13-11-14-19-41)43(59-52)28-44-47(42-20-15-12-16-21-42)49(58(69)74-51-37(7)26-34(4)27-38(51)8)53(60-44)62-55(66)40(10)76-45(72-31-64)29-70-30-63/h11-16,18-21,28,30-31,33-40,45,50-51,60H,1,17,22-27,29H2,2-10H3,(H,62,66)(H,59,61,65)/b43-28-. The van der Waals surface area contributed by atoms with Crippen LogP contribution in [0.4, 0.5) is 5.82 Å². The Bertz CT molecular complexity index is 2660. The Morgan fingerprint density at radius 3 is 1.87 bits per heavy atom. The van der Waals surface area contributed by atoms with E-state index in [1.807, 2.05) is 60.7 Å². The molecule has 1 aliphatic heterocycles. The second-order valence-corrected chi connectivity index (χ2v) is 23.5. The Balaban J connectivity index is 1.51. The zero-order valence-corrected chi connectivity index (χ0v) is 46.5. The molecule has 16 nitrogen and oxygen atoms in total. The second kappa shape index (κ2) is 27.6. The fourth-order valence-electron chi connectivity index (χ4n) is 10.7. The number of aromatic amines is 1. The van der Waals surface area contributed by atoms with E-state index in [-0.39, 0.29) is 78.3 Å². The number of aliphatic imine (C=N–C) groups is 1. The van der Waals surface area contributed by atoms with Crippen molar-refractivity contribution in [1.29, 1.82) is 0 Å². The molecule has 18 heteroatoms. The second-order valence-electron chi connectivity index (χ2n) is 20.6. The van der Waals surface area contributed by atoms with Crippen LogP contribution in [0, 0.1) is 35.5 Å². The molecule has 408 valence electrons. The lowest BCUT2D eigenvalue weighted by atomic mass is 9.75. The van der Waals surface area contributed by atoms with Crippen molar-refractivity contribution in [3.05, 3.63) is 101 Å². The summed E-state index contributed by atoms with van der Waals surface area (Å²) in [5.41, 5.74) is 1.79. The van der Waals surface area contributed by atoms with Gasteiger partial charge in [-0.15, -0.1) is 23.5 Å². The number of hydrogen-bond donors (Lipinski definition) is 3. The third kappa shape index (κ3) is 15.2. The Morgan fingerprint density at radius 1 is 0.763 bits per heavy atom. The van der Waals surface area contributed by atoms with Gasteiger partial charge in [0.1, 0.15) is 41.6 Å². The fraction of sp³-hybridized carbons (Fsp3) is 0.483. The molecule has 2 aliphatic carbocycles. The zero-order valence-electron chi connectivity index (χ0n) is 44.9. The monoisotopic (exact) mass is 1080 g/mol. The molecule has 76 heavy (non-hydrogen) atoms. The molecule has 0 radical (unpaired) electrons. The third-order valence-corrected chi connectivity index (χ3v) is 16.4. The summed E-state index contributed by atoms with van der Waals surface area (Å²) in [6.07, 6.45) is 4.75. The van der Waals surface area contributed by atoms with Crippen LogP contribution in [0.15, 0.2) is 89.1 Å². The van der Waals surface area contributed by atoms with Crippen molar-refractivity contribution in [2.24, 2.45) is 40.5 Å². The van der Waals surface area contributed by atoms with Crippen LogP contribution >= 0.6 is 23.5 Å². The summed E-state index contributed by atoms with van der Waals surface area (Å²) in [6.45, 7) is 21.4. The first-order valence-corrected chi connectivity index (χ1v) is 28.0. The molecule has 0 spiro atoms. The SMILES string of the molecule is C=C(C)C(=O)OCCCSC(C)C(=O)NC1=N/C(=C\c2[nH]c(NC(=O)C(C)SC(COC=O)OC=O)c(C(=O)OC3C(C)CC(C)CC3C)c2-c2ccccc2)C(c2ccccc2)=C1C(=O)OC1C(C)CC(C)CC1C. The highest BCUT2D eigenvalue weighted by atomic mass is 32.2. The highest BCUT2D eigenvalue weighted by molar-refractivity contribution is 8.01. The summed E-state index contributed by atoms with van der Waals surface area (Å²) >= 11 is 2.27. The molecule has 3 aromatic rings. The van der Waals surface area contributed by atoms with Gasteiger partial charge in [0.2, 0.25) is 11.8 Å². The van der Waals surface area contributed by atoms with Crippen molar-refractivity contribution in [2.45, 2.75) is 123 Å². The number of hydrogen-bond acceptors (Lipinski definition) is 15. The fourth-order valence-corrected chi connectivity index (χ4v) is 12.4. The molecule has 2 fully saturated rings. The lowest BCUT2D eigenvalue weighted by Gasteiger charge is -2.37. The van der Waals surface area contributed by atoms with Gasteiger partial charge in [0, 0.05) is 16.7 Å². The van der Waals surface area contributed by atoms with E-state index in [9.17, 15) is 24.0 Å². The molecule has 7 unspecified atom stereocenters. The molecule has 7 atom stereocenters. The molecule has 1 aromatic heterocycles. The van der Waals surface area contributed by atoms with Crippen molar-refractivity contribution in [1.82, 2.24) is 10.3 Å². The number of aromatic nitrogens is 1. The average molecular weight is 1080 g/mol. The summed E-state index contributed by atoms with van der Waals surface area (Å²) < 4.78 is 28.2. The van der Waals surface area contributed by atoms with E-state index in [1.165, 1.54) is 11.8 Å². The maximum Gasteiger partial charge on any atom is 0.342 e. The van der Waals surface area contributed by atoms with Gasteiger partial charge in [0.05, 0.1) is 28.5 Å². The molecular weight excluding hydrogens is 1010 g/mol. The van der Waals surface area contributed by atoms with Crippen LogP contribution in [0.2, 0.25) is 0 Å². The van der Waals surface area contributed by atoms with Crippen molar-refractivity contribution < 1.29 is 57.2 Å². The molecule has 2 heterocycles. The first kappa shape index (κ1) is 58.9. The number of H-pyrrole nitrogens is 1. The first-order chi connectivity index (χ1) is 36.3.